The minimum atomic E-state index is 0.0443. The Morgan fingerprint density at radius 3 is 2.44 bits per heavy atom. The van der Waals surface area contributed by atoms with Crippen molar-refractivity contribution in [3.63, 3.8) is 0 Å². The van der Waals surface area contributed by atoms with Gasteiger partial charge in [0.1, 0.15) is 0 Å². The number of ether oxygens (including phenoxy) is 2. The normalized spacial score (nSPS) is 13.7. The molecule has 0 radical (unpaired) electrons. The van der Waals surface area contributed by atoms with Crippen LogP contribution in [0.3, 0.4) is 0 Å². The van der Waals surface area contributed by atoms with Crippen molar-refractivity contribution in [1.29, 1.82) is 0 Å². The number of halogens is 1. The SMILES string of the molecule is C=C(/C=C\CBr)/C=C(C)/C=C(\C)CCCO/C(OC)=C(/C)C(=O)CC. The fraction of sp³-hybridized carbons (Fsp3) is 0.476. The third-order valence-corrected chi connectivity index (χ3v) is 3.86. The fourth-order valence-corrected chi connectivity index (χ4v) is 2.44. The molecule has 0 bridgehead atoms. The highest BCUT2D eigenvalue weighted by Crippen LogP contribution is 2.13. The first-order valence-corrected chi connectivity index (χ1v) is 9.65. The average molecular weight is 411 g/mol. The third kappa shape index (κ3) is 10.8. The second kappa shape index (κ2) is 13.7. The third-order valence-electron chi connectivity index (χ3n) is 3.49. The Kier molecular flexibility index (Phi) is 12.9. The first-order valence-electron chi connectivity index (χ1n) is 8.53. The van der Waals surface area contributed by atoms with E-state index in [0.29, 0.717) is 24.5 Å². The number of hydrogen-bond donors (Lipinski definition) is 0. The number of rotatable bonds is 12. The van der Waals surface area contributed by atoms with Gasteiger partial charge in [-0.2, -0.15) is 0 Å². The molecule has 3 nitrogen and oxygen atoms in total. The molecule has 0 saturated heterocycles. The van der Waals surface area contributed by atoms with Crippen LogP contribution in [0.5, 0.6) is 0 Å². The lowest BCUT2D eigenvalue weighted by Crippen LogP contribution is -2.07. The van der Waals surface area contributed by atoms with Gasteiger partial charge in [0.05, 0.1) is 19.3 Å². The highest BCUT2D eigenvalue weighted by Gasteiger charge is 2.11. The molecule has 0 heterocycles. The molecular formula is C21H31BrO3. The molecule has 0 aliphatic heterocycles. The molecular weight excluding hydrogens is 380 g/mol. The Balaban J connectivity index is 4.49. The van der Waals surface area contributed by atoms with Gasteiger partial charge in [-0.25, -0.2) is 0 Å². The van der Waals surface area contributed by atoms with Gasteiger partial charge in [0.2, 0.25) is 0 Å². The largest absolute Gasteiger partial charge is 0.468 e. The quantitative estimate of drug-likeness (QED) is 0.129. The van der Waals surface area contributed by atoms with Crippen LogP contribution >= 0.6 is 15.9 Å². The van der Waals surface area contributed by atoms with E-state index < -0.39 is 0 Å². The molecule has 0 spiro atoms. The summed E-state index contributed by atoms with van der Waals surface area (Å²) < 4.78 is 10.8. The standard InChI is InChI=1S/C21H31BrO3/c1-7-20(23)19(5)21(24-6)25-13-9-11-17(3)15-18(4)14-16(2)10-8-12-22/h8,10,14-15H,2,7,9,11-13H2,1,3-6H3/b10-8-,17-15+,18-14+,21-19-. The zero-order valence-electron chi connectivity index (χ0n) is 16.2. The molecule has 0 aromatic heterocycles. The molecule has 0 aliphatic carbocycles. The van der Waals surface area contributed by atoms with E-state index in [9.17, 15) is 4.79 Å². The van der Waals surface area contributed by atoms with Crippen LogP contribution < -0.4 is 0 Å². The van der Waals surface area contributed by atoms with Crippen LogP contribution in [0, 0.1) is 0 Å². The van der Waals surface area contributed by atoms with Gasteiger partial charge in [0, 0.05) is 11.8 Å². The molecule has 0 saturated carbocycles. The number of carbonyl (C=O) groups is 1. The van der Waals surface area contributed by atoms with Gasteiger partial charge < -0.3 is 9.47 Å². The van der Waals surface area contributed by atoms with E-state index in [4.69, 9.17) is 9.47 Å². The Hall–Kier alpha value is -1.55. The smallest absolute Gasteiger partial charge is 0.285 e. The Morgan fingerprint density at radius 2 is 1.88 bits per heavy atom. The summed E-state index contributed by atoms with van der Waals surface area (Å²) in [5, 5.41) is 0.828. The monoisotopic (exact) mass is 410 g/mol. The average Bonchev–Trinajstić information content (AvgIpc) is 2.58. The van der Waals surface area contributed by atoms with Gasteiger partial charge >= 0.3 is 0 Å². The van der Waals surface area contributed by atoms with E-state index in [2.05, 4.69) is 48.5 Å². The second-order valence-electron chi connectivity index (χ2n) is 5.86. The number of Topliss-reactive ketones (excluding diaryl/α,β-unsaturated/α-hetero) is 1. The molecule has 0 amide bonds. The van der Waals surface area contributed by atoms with Crippen molar-refractivity contribution < 1.29 is 14.3 Å². The molecule has 0 N–H and O–H groups in total. The maximum absolute atomic E-state index is 11.7. The zero-order chi connectivity index (χ0) is 19.2. The summed E-state index contributed by atoms with van der Waals surface area (Å²) in [6.45, 7) is 12.3. The maximum Gasteiger partial charge on any atom is 0.285 e. The topological polar surface area (TPSA) is 35.5 Å². The van der Waals surface area contributed by atoms with E-state index in [0.717, 1.165) is 23.7 Å². The lowest BCUT2D eigenvalue weighted by Gasteiger charge is -2.11. The van der Waals surface area contributed by atoms with Crippen LogP contribution in [0.4, 0.5) is 0 Å². The van der Waals surface area contributed by atoms with E-state index >= 15 is 0 Å². The Labute approximate surface area is 161 Å². The van der Waals surface area contributed by atoms with Crippen molar-refractivity contribution in [2.24, 2.45) is 0 Å². The molecule has 0 aromatic carbocycles. The van der Waals surface area contributed by atoms with Crippen LogP contribution in [0.2, 0.25) is 0 Å². The molecule has 0 rings (SSSR count). The lowest BCUT2D eigenvalue weighted by molar-refractivity contribution is -0.115. The summed E-state index contributed by atoms with van der Waals surface area (Å²) in [5.41, 5.74) is 3.98. The molecule has 0 aliphatic rings. The van der Waals surface area contributed by atoms with Crippen LogP contribution in [-0.2, 0) is 14.3 Å². The zero-order valence-corrected chi connectivity index (χ0v) is 17.7. The highest BCUT2D eigenvalue weighted by molar-refractivity contribution is 9.09. The van der Waals surface area contributed by atoms with Crippen LogP contribution in [-0.4, -0.2) is 24.8 Å². The summed E-state index contributed by atoms with van der Waals surface area (Å²) in [6, 6.07) is 0. The summed E-state index contributed by atoms with van der Waals surface area (Å²) in [4.78, 5) is 11.7. The molecule has 0 atom stereocenters. The van der Waals surface area contributed by atoms with Gasteiger partial charge in [0.15, 0.2) is 5.78 Å². The van der Waals surface area contributed by atoms with Crippen molar-refractivity contribution in [2.75, 3.05) is 19.0 Å². The van der Waals surface area contributed by atoms with Gasteiger partial charge in [-0.1, -0.05) is 64.9 Å². The molecule has 0 unspecified atom stereocenters. The number of allylic oxidation sites excluding steroid dienone is 8. The van der Waals surface area contributed by atoms with Crippen molar-refractivity contribution in [3.05, 3.63) is 59.1 Å². The number of alkyl halides is 1. The maximum atomic E-state index is 11.7. The van der Waals surface area contributed by atoms with Crippen molar-refractivity contribution in [3.8, 4) is 0 Å². The summed E-state index contributed by atoms with van der Waals surface area (Å²) in [7, 11) is 1.53. The predicted octanol–water partition coefficient (Wildman–Crippen LogP) is 6.04. The fourth-order valence-electron chi connectivity index (χ4n) is 2.25. The second-order valence-corrected chi connectivity index (χ2v) is 6.50. The number of ketones is 1. The Bertz CT molecular complexity index is 566. The van der Waals surface area contributed by atoms with Crippen molar-refractivity contribution in [2.45, 2.75) is 47.0 Å². The van der Waals surface area contributed by atoms with Crippen LogP contribution in [0.25, 0.3) is 0 Å². The first kappa shape index (κ1) is 23.4. The molecule has 25 heavy (non-hydrogen) atoms. The van der Waals surface area contributed by atoms with E-state index in [-0.39, 0.29) is 5.78 Å². The summed E-state index contributed by atoms with van der Waals surface area (Å²) >= 11 is 3.35. The predicted molar refractivity (Wildman–Crippen MR) is 110 cm³/mol. The molecule has 140 valence electrons. The van der Waals surface area contributed by atoms with Crippen LogP contribution in [0.15, 0.2) is 59.1 Å². The number of methoxy groups -OCH3 is 1. The molecule has 4 heteroatoms. The van der Waals surface area contributed by atoms with Gasteiger partial charge in [-0.05, 0) is 39.2 Å². The molecule has 0 aromatic rings. The van der Waals surface area contributed by atoms with E-state index in [1.807, 2.05) is 19.1 Å². The minimum absolute atomic E-state index is 0.0443. The van der Waals surface area contributed by atoms with Crippen molar-refractivity contribution in [1.82, 2.24) is 0 Å². The van der Waals surface area contributed by atoms with Crippen LogP contribution in [0.1, 0.15) is 47.0 Å². The Morgan fingerprint density at radius 1 is 1.20 bits per heavy atom. The van der Waals surface area contributed by atoms with Gasteiger partial charge in [-0.3, -0.25) is 4.79 Å². The number of carbonyl (C=O) groups excluding carboxylic acids is 1. The number of hydrogen-bond acceptors (Lipinski definition) is 3. The summed E-state index contributed by atoms with van der Waals surface area (Å²) in [6.07, 6.45) is 10.5. The van der Waals surface area contributed by atoms with Gasteiger partial charge in [-0.15, -0.1) is 0 Å². The lowest BCUT2D eigenvalue weighted by atomic mass is 10.1. The highest BCUT2D eigenvalue weighted by atomic mass is 79.9. The van der Waals surface area contributed by atoms with Gasteiger partial charge in [0.25, 0.3) is 5.95 Å². The minimum Gasteiger partial charge on any atom is -0.468 e. The van der Waals surface area contributed by atoms with Crippen molar-refractivity contribution >= 4 is 21.7 Å². The van der Waals surface area contributed by atoms with E-state index in [1.165, 1.54) is 18.3 Å². The summed E-state index contributed by atoms with van der Waals surface area (Å²) in [5.74, 6) is 0.377. The molecule has 0 fully saturated rings. The first-order chi connectivity index (χ1) is 11.8. The van der Waals surface area contributed by atoms with E-state index in [1.54, 1.807) is 6.92 Å².